The smallest absolute Gasteiger partial charge is 0.121 e. The van der Waals surface area contributed by atoms with E-state index >= 15 is 0 Å². The summed E-state index contributed by atoms with van der Waals surface area (Å²) in [6.45, 7) is 2.06. The second kappa shape index (κ2) is 5.05. The number of rotatable bonds is 4. The fourth-order valence-corrected chi connectivity index (χ4v) is 2.19. The van der Waals surface area contributed by atoms with E-state index in [1.54, 1.807) is 30.7 Å². The maximum absolute atomic E-state index is 5.94. The molecule has 0 fully saturated rings. The Morgan fingerprint density at radius 1 is 1.47 bits per heavy atom. The van der Waals surface area contributed by atoms with Crippen LogP contribution in [0, 0.1) is 0 Å². The Kier molecular flexibility index (Phi) is 3.49. The standard InChI is InChI=1S/C12H15N3OS/c1-8(12-14-5-6-17-12)15-11-4-3-9(16-2)7-10(11)13/h3-8,15H,13H2,1-2H3. The van der Waals surface area contributed by atoms with Gasteiger partial charge in [0.2, 0.25) is 0 Å². The molecule has 2 aromatic rings. The second-order valence-electron chi connectivity index (χ2n) is 3.69. The summed E-state index contributed by atoms with van der Waals surface area (Å²) in [5.41, 5.74) is 7.51. The molecule has 4 nitrogen and oxygen atoms in total. The van der Waals surface area contributed by atoms with Crippen LogP contribution in [0.1, 0.15) is 18.0 Å². The molecule has 0 saturated heterocycles. The third kappa shape index (κ3) is 2.68. The third-order valence-electron chi connectivity index (χ3n) is 2.45. The highest BCUT2D eigenvalue weighted by Gasteiger charge is 2.09. The largest absolute Gasteiger partial charge is 0.497 e. The van der Waals surface area contributed by atoms with Crippen molar-refractivity contribution in [1.29, 1.82) is 0 Å². The number of benzene rings is 1. The van der Waals surface area contributed by atoms with Gasteiger partial charge in [-0.05, 0) is 19.1 Å². The number of hydrogen-bond donors (Lipinski definition) is 2. The molecular formula is C12H15N3OS. The maximum atomic E-state index is 5.94. The molecule has 17 heavy (non-hydrogen) atoms. The molecule has 90 valence electrons. The summed E-state index contributed by atoms with van der Waals surface area (Å²) >= 11 is 1.62. The van der Waals surface area contributed by atoms with E-state index in [0.29, 0.717) is 5.69 Å². The zero-order valence-corrected chi connectivity index (χ0v) is 10.6. The Morgan fingerprint density at radius 3 is 2.88 bits per heavy atom. The number of anilines is 2. The van der Waals surface area contributed by atoms with E-state index < -0.39 is 0 Å². The van der Waals surface area contributed by atoms with Crippen LogP contribution in [0.2, 0.25) is 0 Å². The number of nitrogens with one attached hydrogen (secondary N) is 1. The molecule has 3 N–H and O–H groups in total. The Labute approximate surface area is 104 Å². The van der Waals surface area contributed by atoms with E-state index in [0.717, 1.165) is 16.4 Å². The zero-order valence-electron chi connectivity index (χ0n) is 9.81. The molecule has 1 unspecified atom stereocenters. The predicted molar refractivity (Wildman–Crippen MR) is 71.6 cm³/mol. The molecule has 1 atom stereocenters. The number of thiazole rings is 1. The molecule has 0 saturated carbocycles. The molecule has 0 spiro atoms. The van der Waals surface area contributed by atoms with Crippen molar-refractivity contribution in [3.05, 3.63) is 34.8 Å². The van der Waals surface area contributed by atoms with Gasteiger partial charge in [0, 0.05) is 17.6 Å². The number of nitrogens with two attached hydrogens (primary N) is 1. The van der Waals surface area contributed by atoms with Crippen LogP contribution in [-0.2, 0) is 0 Å². The van der Waals surface area contributed by atoms with Crippen LogP contribution in [0.5, 0.6) is 5.75 Å². The van der Waals surface area contributed by atoms with Crippen LogP contribution in [0.25, 0.3) is 0 Å². The van der Waals surface area contributed by atoms with Crippen molar-refractivity contribution < 1.29 is 4.74 Å². The summed E-state index contributed by atoms with van der Waals surface area (Å²) in [5.74, 6) is 0.759. The number of nitrogens with zero attached hydrogens (tertiary/aromatic N) is 1. The van der Waals surface area contributed by atoms with Crippen LogP contribution < -0.4 is 15.8 Å². The topological polar surface area (TPSA) is 60.2 Å². The van der Waals surface area contributed by atoms with Crippen LogP contribution in [0.15, 0.2) is 29.8 Å². The van der Waals surface area contributed by atoms with Crippen molar-refractivity contribution in [1.82, 2.24) is 4.98 Å². The first-order chi connectivity index (χ1) is 8.20. The van der Waals surface area contributed by atoms with Gasteiger partial charge in [-0.3, -0.25) is 0 Å². The van der Waals surface area contributed by atoms with E-state index in [-0.39, 0.29) is 6.04 Å². The quantitative estimate of drug-likeness (QED) is 0.818. The van der Waals surface area contributed by atoms with E-state index in [2.05, 4.69) is 17.2 Å². The molecular weight excluding hydrogens is 234 g/mol. The van der Waals surface area contributed by atoms with Crippen molar-refractivity contribution in [2.45, 2.75) is 13.0 Å². The van der Waals surface area contributed by atoms with Crippen molar-refractivity contribution >= 4 is 22.7 Å². The lowest BCUT2D eigenvalue weighted by atomic mass is 10.2. The summed E-state index contributed by atoms with van der Waals surface area (Å²) in [6.07, 6.45) is 1.80. The normalized spacial score (nSPS) is 12.1. The molecule has 1 aromatic carbocycles. The average molecular weight is 249 g/mol. The second-order valence-corrected chi connectivity index (χ2v) is 4.62. The van der Waals surface area contributed by atoms with Crippen molar-refractivity contribution in [2.24, 2.45) is 0 Å². The van der Waals surface area contributed by atoms with Gasteiger partial charge < -0.3 is 15.8 Å². The number of aromatic nitrogens is 1. The Hall–Kier alpha value is -1.75. The summed E-state index contributed by atoms with van der Waals surface area (Å²) in [5, 5.41) is 6.34. The first-order valence-corrected chi connectivity index (χ1v) is 6.18. The molecule has 2 rings (SSSR count). The lowest BCUT2D eigenvalue weighted by Crippen LogP contribution is -2.08. The highest BCUT2D eigenvalue weighted by atomic mass is 32.1. The number of methoxy groups -OCH3 is 1. The molecule has 0 aliphatic heterocycles. The van der Waals surface area contributed by atoms with Crippen LogP contribution in [0.3, 0.4) is 0 Å². The lowest BCUT2D eigenvalue weighted by Gasteiger charge is -2.15. The molecule has 0 aliphatic carbocycles. The fourth-order valence-electron chi connectivity index (χ4n) is 1.54. The molecule has 0 amide bonds. The minimum Gasteiger partial charge on any atom is -0.497 e. The van der Waals surface area contributed by atoms with Gasteiger partial charge in [-0.25, -0.2) is 4.98 Å². The van der Waals surface area contributed by atoms with Gasteiger partial charge in [-0.15, -0.1) is 11.3 Å². The molecule has 1 aromatic heterocycles. The van der Waals surface area contributed by atoms with Gasteiger partial charge in [0.25, 0.3) is 0 Å². The molecule has 0 bridgehead atoms. The van der Waals surface area contributed by atoms with E-state index in [1.165, 1.54) is 0 Å². The Bertz CT molecular complexity index is 485. The summed E-state index contributed by atoms with van der Waals surface area (Å²) in [7, 11) is 1.63. The molecule has 5 heteroatoms. The SMILES string of the molecule is COc1ccc(NC(C)c2nccs2)c(N)c1. The van der Waals surface area contributed by atoms with Gasteiger partial charge in [-0.1, -0.05) is 0 Å². The Morgan fingerprint density at radius 2 is 2.29 bits per heavy atom. The van der Waals surface area contributed by atoms with Gasteiger partial charge >= 0.3 is 0 Å². The lowest BCUT2D eigenvalue weighted by molar-refractivity contribution is 0.415. The minimum atomic E-state index is 0.144. The van der Waals surface area contributed by atoms with E-state index in [1.807, 2.05) is 17.5 Å². The zero-order chi connectivity index (χ0) is 12.3. The summed E-state index contributed by atoms with van der Waals surface area (Å²) in [4.78, 5) is 4.27. The van der Waals surface area contributed by atoms with E-state index in [9.17, 15) is 0 Å². The predicted octanol–water partition coefficient (Wildman–Crippen LogP) is 2.91. The highest BCUT2D eigenvalue weighted by Crippen LogP contribution is 2.28. The van der Waals surface area contributed by atoms with Crippen LogP contribution in [-0.4, -0.2) is 12.1 Å². The fraction of sp³-hybridized carbons (Fsp3) is 0.250. The summed E-state index contributed by atoms with van der Waals surface area (Å²) in [6, 6.07) is 5.74. The first-order valence-electron chi connectivity index (χ1n) is 5.30. The average Bonchev–Trinajstić information content (AvgIpc) is 2.85. The van der Waals surface area contributed by atoms with Crippen LogP contribution in [0.4, 0.5) is 11.4 Å². The highest BCUT2D eigenvalue weighted by molar-refractivity contribution is 7.09. The van der Waals surface area contributed by atoms with E-state index in [4.69, 9.17) is 10.5 Å². The van der Waals surface area contributed by atoms with Crippen molar-refractivity contribution in [3.63, 3.8) is 0 Å². The third-order valence-corrected chi connectivity index (χ3v) is 3.41. The molecule has 1 heterocycles. The first kappa shape index (κ1) is 11.7. The van der Waals surface area contributed by atoms with Crippen molar-refractivity contribution in [3.8, 4) is 5.75 Å². The van der Waals surface area contributed by atoms with Gasteiger partial charge in [0.15, 0.2) is 0 Å². The minimum absolute atomic E-state index is 0.144. The molecule has 0 radical (unpaired) electrons. The maximum Gasteiger partial charge on any atom is 0.121 e. The Balaban J connectivity index is 2.13. The number of ether oxygens (including phenoxy) is 1. The number of hydrogen-bond acceptors (Lipinski definition) is 5. The van der Waals surface area contributed by atoms with Gasteiger partial charge in [-0.2, -0.15) is 0 Å². The number of nitrogen functional groups attached to an aromatic ring is 1. The molecule has 0 aliphatic rings. The van der Waals surface area contributed by atoms with Gasteiger partial charge in [0.1, 0.15) is 10.8 Å². The van der Waals surface area contributed by atoms with Crippen LogP contribution >= 0.6 is 11.3 Å². The monoisotopic (exact) mass is 249 g/mol. The van der Waals surface area contributed by atoms with Crippen molar-refractivity contribution in [2.75, 3.05) is 18.2 Å². The van der Waals surface area contributed by atoms with Gasteiger partial charge in [0.05, 0.1) is 24.5 Å². The summed E-state index contributed by atoms with van der Waals surface area (Å²) < 4.78 is 5.11.